The van der Waals surface area contributed by atoms with E-state index in [9.17, 15) is 8.78 Å². The minimum Gasteiger partial charge on any atom is -0.320 e. The van der Waals surface area contributed by atoms with Crippen molar-refractivity contribution in [2.24, 2.45) is 11.8 Å². The third-order valence-corrected chi connectivity index (χ3v) is 3.57. The molecule has 0 unspecified atom stereocenters. The number of ether oxygens (including phenoxy) is 1. The van der Waals surface area contributed by atoms with Crippen LogP contribution in [0.15, 0.2) is 36.5 Å². The van der Waals surface area contributed by atoms with Crippen LogP contribution < -0.4 is 0 Å². The van der Waals surface area contributed by atoms with E-state index in [4.69, 9.17) is 0 Å². The third kappa shape index (κ3) is 4.73. The van der Waals surface area contributed by atoms with Gasteiger partial charge in [0.1, 0.15) is 0 Å². The molecule has 1 aliphatic rings. The molecule has 0 amide bonds. The first-order valence-corrected chi connectivity index (χ1v) is 6.43. The molecule has 3 heteroatoms. The van der Waals surface area contributed by atoms with Crippen LogP contribution in [-0.2, 0) is 4.74 Å². The minimum atomic E-state index is -3.19. The minimum absolute atomic E-state index is 0.458. The van der Waals surface area contributed by atoms with Crippen molar-refractivity contribution >= 4 is 0 Å². The van der Waals surface area contributed by atoms with Crippen LogP contribution in [0.25, 0.3) is 0 Å². The number of allylic oxidation sites excluding steroid dienone is 4. The van der Waals surface area contributed by atoms with E-state index in [0.717, 1.165) is 37.5 Å². The maximum atomic E-state index is 12.8. The number of halogens is 2. The first kappa shape index (κ1) is 15.1. The first-order valence-electron chi connectivity index (χ1n) is 6.43. The summed E-state index contributed by atoms with van der Waals surface area (Å²) in [4.78, 5) is 0. The molecule has 0 aliphatic heterocycles. The molecule has 0 saturated heterocycles. The van der Waals surface area contributed by atoms with Crippen molar-refractivity contribution in [1.29, 1.82) is 0 Å². The van der Waals surface area contributed by atoms with Crippen molar-refractivity contribution in [3.05, 3.63) is 36.5 Å². The van der Waals surface area contributed by atoms with Gasteiger partial charge in [-0.2, -0.15) is 8.78 Å². The van der Waals surface area contributed by atoms with Gasteiger partial charge >= 0.3 is 6.11 Å². The van der Waals surface area contributed by atoms with E-state index >= 15 is 0 Å². The van der Waals surface area contributed by atoms with Crippen LogP contribution in [0.3, 0.4) is 0 Å². The lowest BCUT2D eigenvalue weighted by Gasteiger charge is -2.26. The predicted octanol–water partition coefficient (Wildman–Crippen LogP) is 4.72. The molecule has 1 saturated carbocycles. The van der Waals surface area contributed by atoms with Gasteiger partial charge in [0.2, 0.25) is 0 Å². The molecule has 1 rings (SSSR count). The van der Waals surface area contributed by atoms with Crippen LogP contribution in [0.2, 0.25) is 0 Å². The summed E-state index contributed by atoms with van der Waals surface area (Å²) >= 11 is 0. The largest absolute Gasteiger partial charge is 0.376 e. The zero-order valence-electron chi connectivity index (χ0n) is 11.2. The maximum Gasteiger partial charge on any atom is 0.376 e. The summed E-state index contributed by atoms with van der Waals surface area (Å²) in [6.07, 6.45) is 7.07. The average molecular weight is 256 g/mol. The SMILES string of the molecule is C=C/C(=C\C=C\C(F)(F)OC)C1CCC(C)CC1. The van der Waals surface area contributed by atoms with Crippen molar-refractivity contribution in [1.82, 2.24) is 0 Å². The normalized spacial score (nSPS) is 26.6. The van der Waals surface area contributed by atoms with E-state index in [-0.39, 0.29) is 0 Å². The molecule has 0 spiro atoms. The van der Waals surface area contributed by atoms with Gasteiger partial charge in [0, 0.05) is 13.2 Å². The maximum absolute atomic E-state index is 12.8. The van der Waals surface area contributed by atoms with E-state index in [2.05, 4.69) is 18.2 Å². The Morgan fingerprint density at radius 2 is 1.89 bits per heavy atom. The lowest BCUT2D eigenvalue weighted by atomic mass is 9.79. The van der Waals surface area contributed by atoms with Crippen LogP contribution in [0.1, 0.15) is 32.6 Å². The fraction of sp³-hybridized carbons (Fsp3) is 0.600. The molecule has 0 heterocycles. The molecule has 0 aromatic carbocycles. The Hall–Kier alpha value is -0.960. The number of hydrogen-bond acceptors (Lipinski definition) is 1. The highest BCUT2D eigenvalue weighted by Crippen LogP contribution is 2.33. The number of alkyl halides is 2. The Balaban J connectivity index is 2.63. The lowest BCUT2D eigenvalue weighted by molar-refractivity contribution is -0.180. The molecular weight excluding hydrogens is 234 g/mol. The fourth-order valence-corrected chi connectivity index (χ4v) is 2.30. The quantitative estimate of drug-likeness (QED) is 0.647. The number of methoxy groups -OCH3 is 1. The zero-order chi connectivity index (χ0) is 13.6. The summed E-state index contributed by atoms with van der Waals surface area (Å²) < 4.78 is 29.7. The Kier molecular flexibility index (Phi) is 5.73. The van der Waals surface area contributed by atoms with Gasteiger partial charge in [-0.15, -0.1) is 0 Å². The summed E-state index contributed by atoms with van der Waals surface area (Å²) in [7, 11) is 0.991. The van der Waals surface area contributed by atoms with Crippen LogP contribution in [0, 0.1) is 11.8 Å². The van der Waals surface area contributed by atoms with Crippen molar-refractivity contribution < 1.29 is 13.5 Å². The van der Waals surface area contributed by atoms with E-state index < -0.39 is 6.11 Å². The summed E-state index contributed by atoms with van der Waals surface area (Å²) in [5, 5.41) is 0. The van der Waals surface area contributed by atoms with Crippen molar-refractivity contribution in [2.75, 3.05) is 7.11 Å². The molecule has 1 nitrogen and oxygen atoms in total. The molecule has 0 atom stereocenters. The number of hydrogen-bond donors (Lipinski definition) is 0. The van der Waals surface area contributed by atoms with Crippen molar-refractivity contribution in [2.45, 2.75) is 38.7 Å². The molecule has 0 aromatic rings. The monoisotopic (exact) mass is 256 g/mol. The highest BCUT2D eigenvalue weighted by molar-refractivity contribution is 5.25. The van der Waals surface area contributed by atoms with Gasteiger partial charge in [0.15, 0.2) is 0 Å². The second kappa shape index (κ2) is 6.83. The fourth-order valence-electron chi connectivity index (χ4n) is 2.30. The van der Waals surface area contributed by atoms with E-state index in [0.29, 0.717) is 5.92 Å². The summed E-state index contributed by atoms with van der Waals surface area (Å²) in [5.41, 5.74) is 1.05. The van der Waals surface area contributed by atoms with Crippen molar-refractivity contribution in [3.8, 4) is 0 Å². The van der Waals surface area contributed by atoms with Gasteiger partial charge in [-0.1, -0.05) is 44.6 Å². The van der Waals surface area contributed by atoms with Gasteiger partial charge < -0.3 is 4.74 Å². The zero-order valence-corrected chi connectivity index (χ0v) is 11.2. The van der Waals surface area contributed by atoms with Gasteiger partial charge in [0.05, 0.1) is 0 Å². The van der Waals surface area contributed by atoms with Gasteiger partial charge in [0.25, 0.3) is 0 Å². The van der Waals surface area contributed by atoms with Crippen LogP contribution in [-0.4, -0.2) is 13.2 Å². The smallest absolute Gasteiger partial charge is 0.320 e. The van der Waals surface area contributed by atoms with Gasteiger partial charge in [-0.3, -0.25) is 0 Å². The molecule has 102 valence electrons. The van der Waals surface area contributed by atoms with Crippen molar-refractivity contribution in [3.63, 3.8) is 0 Å². The number of rotatable bonds is 5. The molecule has 18 heavy (non-hydrogen) atoms. The second-order valence-electron chi connectivity index (χ2n) is 4.95. The Morgan fingerprint density at radius 1 is 1.28 bits per heavy atom. The van der Waals surface area contributed by atoms with E-state index in [1.54, 1.807) is 12.2 Å². The Labute approximate surface area is 108 Å². The lowest BCUT2D eigenvalue weighted by Crippen LogP contribution is -2.14. The molecule has 0 aromatic heterocycles. The van der Waals surface area contributed by atoms with E-state index in [1.807, 2.05) is 0 Å². The summed E-state index contributed by atoms with van der Waals surface area (Å²) in [6, 6.07) is 0. The third-order valence-electron chi connectivity index (χ3n) is 3.57. The predicted molar refractivity (Wildman–Crippen MR) is 70.5 cm³/mol. The summed E-state index contributed by atoms with van der Waals surface area (Å²) in [5.74, 6) is 1.24. The van der Waals surface area contributed by atoms with Gasteiger partial charge in [-0.05, 0) is 30.3 Å². The van der Waals surface area contributed by atoms with Crippen LogP contribution >= 0.6 is 0 Å². The highest BCUT2D eigenvalue weighted by atomic mass is 19.3. The standard InChI is InChI=1S/C15H22F2O/c1-4-13(6-5-11-15(16,17)18-3)14-9-7-12(2)8-10-14/h4-6,11-12,14H,1,7-10H2,2-3H3/b11-5+,13-6+. The first-order chi connectivity index (χ1) is 8.48. The Morgan fingerprint density at radius 3 is 2.39 bits per heavy atom. The Bertz CT molecular complexity index is 323. The summed E-state index contributed by atoms with van der Waals surface area (Å²) in [6.45, 7) is 6.03. The second-order valence-corrected chi connectivity index (χ2v) is 4.95. The molecule has 0 radical (unpaired) electrons. The van der Waals surface area contributed by atoms with Crippen LogP contribution in [0.4, 0.5) is 8.78 Å². The highest BCUT2D eigenvalue weighted by Gasteiger charge is 2.23. The molecule has 0 N–H and O–H groups in total. The van der Waals surface area contributed by atoms with E-state index in [1.165, 1.54) is 18.9 Å². The average Bonchev–Trinajstić information content (AvgIpc) is 2.36. The topological polar surface area (TPSA) is 9.23 Å². The molecule has 1 fully saturated rings. The molecule has 1 aliphatic carbocycles. The van der Waals surface area contributed by atoms with Crippen LogP contribution in [0.5, 0.6) is 0 Å². The molecule has 0 bridgehead atoms. The van der Waals surface area contributed by atoms with Gasteiger partial charge in [-0.25, -0.2) is 0 Å². The molecular formula is C15H22F2O.